The van der Waals surface area contributed by atoms with Gasteiger partial charge in [0.2, 0.25) is 0 Å². The summed E-state index contributed by atoms with van der Waals surface area (Å²) < 4.78 is 0. The summed E-state index contributed by atoms with van der Waals surface area (Å²) in [5.41, 5.74) is 1.41. The fourth-order valence-electron chi connectivity index (χ4n) is 3.79. The van der Waals surface area contributed by atoms with Crippen LogP contribution in [0.1, 0.15) is 50.0 Å². The summed E-state index contributed by atoms with van der Waals surface area (Å²) in [5, 5.41) is 4.58. The first kappa shape index (κ1) is 15.3. The van der Waals surface area contributed by atoms with Gasteiger partial charge in [-0.3, -0.25) is 0 Å². The maximum absolute atomic E-state index is 6.07. The van der Waals surface area contributed by atoms with E-state index in [1.807, 2.05) is 6.07 Å². The second kappa shape index (κ2) is 7.13. The maximum Gasteiger partial charge on any atom is 0.0408 e. The van der Waals surface area contributed by atoms with Gasteiger partial charge in [-0.05, 0) is 56.3 Å². The highest BCUT2D eigenvalue weighted by molar-refractivity contribution is 6.30. The minimum Gasteiger partial charge on any atom is -0.313 e. The van der Waals surface area contributed by atoms with Crippen LogP contribution >= 0.6 is 11.6 Å². The van der Waals surface area contributed by atoms with Gasteiger partial charge in [-0.1, -0.05) is 36.6 Å². The Balaban J connectivity index is 1.34. The van der Waals surface area contributed by atoms with Gasteiger partial charge < -0.3 is 10.2 Å². The largest absolute Gasteiger partial charge is 0.313 e. The molecule has 0 atom stereocenters. The molecule has 0 spiro atoms. The Labute approximate surface area is 133 Å². The first-order valence-electron chi connectivity index (χ1n) is 8.41. The monoisotopic (exact) mass is 306 g/mol. The van der Waals surface area contributed by atoms with Crippen LogP contribution in [0, 0.1) is 0 Å². The summed E-state index contributed by atoms with van der Waals surface area (Å²) in [6, 6.07) is 9.89. The molecule has 0 aliphatic heterocycles. The van der Waals surface area contributed by atoms with Gasteiger partial charge in [0.1, 0.15) is 0 Å². The van der Waals surface area contributed by atoms with Crippen LogP contribution in [0.2, 0.25) is 5.02 Å². The van der Waals surface area contributed by atoms with Crippen LogP contribution in [0.5, 0.6) is 0 Å². The number of hydrogen-bond donors (Lipinski definition) is 1. The lowest BCUT2D eigenvalue weighted by Gasteiger charge is -2.37. The molecule has 0 amide bonds. The van der Waals surface area contributed by atoms with Crippen LogP contribution in [-0.4, -0.2) is 37.1 Å². The van der Waals surface area contributed by atoms with E-state index in [1.54, 1.807) is 0 Å². The SMILES string of the molecule is CN(CCNC1CC(c2cccc(Cl)c2)C1)C1CCCC1. The van der Waals surface area contributed by atoms with E-state index in [0.717, 1.165) is 17.6 Å². The highest BCUT2D eigenvalue weighted by Crippen LogP contribution is 2.37. The van der Waals surface area contributed by atoms with Crippen molar-refractivity contribution >= 4 is 11.6 Å². The molecule has 0 unspecified atom stereocenters. The van der Waals surface area contributed by atoms with Crippen LogP contribution in [0.25, 0.3) is 0 Å². The molecule has 0 radical (unpaired) electrons. The highest BCUT2D eigenvalue weighted by atomic mass is 35.5. The van der Waals surface area contributed by atoms with Gasteiger partial charge in [0, 0.05) is 30.2 Å². The van der Waals surface area contributed by atoms with Crippen molar-refractivity contribution in [2.75, 3.05) is 20.1 Å². The number of halogens is 1. The van der Waals surface area contributed by atoms with E-state index in [0.29, 0.717) is 12.0 Å². The minimum absolute atomic E-state index is 0.700. The third kappa shape index (κ3) is 4.00. The second-order valence-corrected chi connectivity index (χ2v) is 7.23. The van der Waals surface area contributed by atoms with Crippen molar-refractivity contribution in [3.8, 4) is 0 Å². The van der Waals surface area contributed by atoms with Gasteiger partial charge in [0.25, 0.3) is 0 Å². The predicted octanol–water partition coefficient (Wildman–Crippen LogP) is 4.05. The van der Waals surface area contributed by atoms with Gasteiger partial charge in [0.15, 0.2) is 0 Å². The van der Waals surface area contributed by atoms with E-state index in [-0.39, 0.29) is 0 Å². The minimum atomic E-state index is 0.700. The molecule has 2 aliphatic rings. The number of nitrogens with zero attached hydrogens (tertiary/aromatic N) is 1. The highest BCUT2D eigenvalue weighted by Gasteiger charge is 2.30. The number of nitrogens with one attached hydrogen (secondary N) is 1. The zero-order chi connectivity index (χ0) is 14.7. The number of rotatable bonds is 6. The lowest BCUT2D eigenvalue weighted by molar-refractivity contribution is 0.225. The molecule has 0 aromatic heterocycles. The van der Waals surface area contributed by atoms with Gasteiger partial charge in [-0.25, -0.2) is 0 Å². The summed E-state index contributed by atoms with van der Waals surface area (Å²) in [4.78, 5) is 2.55. The van der Waals surface area contributed by atoms with Crippen molar-refractivity contribution in [1.29, 1.82) is 0 Å². The van der Waals surface area contributed by atoms with E-state index in [4.69, 9.17) is 11.6 Å². The molecule has 3 rings (SSSR count). The number of benzene rings is 1. The Bertz CT molecular complexity index is 450. The van der Waals surface area contributed by atoms with Gasteiger partial charge in [-0.2, -0.15) is 0 Å². The third-order valence-corrected chi connectivity index (χ3v) is 5.54. The van der Waals surface area contributed by atoms with Crippen molar-refractivity contribution in [3.63, 3.8) is 0 Å². The van der Waals surface area contributed by atoms with E-state index >= 15 is 0 Å². The lowest BCUT2D eigenvalue weighted by Crippen LogP contribution is -2.44. The van der Waals surface area contributed by atoms with Crippen molar-refractivity contribution in [2.24, 2.45) is 0 Å². The summed E-state index contributed by atoms with van der Waals surface area (Å²) in [7, 11) is 2.28. The van der Waals surface area contributed by atoms with Crippen LogP contribution in [-0.2, 0) is 0 Å². The molecule has 2 aliphatic carbocycles. The topological polar surface area (TPSA) is 15.3 Å². The molecule has 0 bridgehead atoms. The number of hydrogen-bond acceptors (Lipinski definition) is 2. The smallest absolute Gasteiger partial charge is 0.0408 e. The first-order valence-corrected chi connectivity index (χ1v) is 8.79. The van der Waals surface area contributed by atoms with E-state index in [9.17, 15) is 0 Å². The van der Waals surface area contributed by atoms with Crippen molar-refractivity contribution in [3.05, 3.63) is 34.9 Å². The molecule has 1 aromatic rings. The van der Waals surface area contributed by atoms with E-state index < -0.39 is 0 Å². The molecule has 1 aromatic carbocycles. The van der Waals surface area contributed by atoms with Crippen LogP contribution < -0.4 is 5.32 Å². The van der Waals surface area contributed by atoms with Gasteiger partial charge in [-0.15, -0.1) is 0 Å². The third-order valence-electron chi connectivity index (χ3n) is 5.30. The molecule has 3 heteroatoms. The molecule has 0 saturated heterocycles. The van der Waals surface area contributed by atoms with Crippen LogP contribution in [0.3, 0.4) is 0 Å². The zero-order valence-electron chi connectivity index (χ0n) is 13.0. The average Bonchev–Trinajstić information content (AvgIpc) is 2.95. The second-order valence-electron chi connectivity index (χ2n) is 6.79. The summed E-state index contributed by atoms with van der Waals surface area (Å²) in [6.07, 6.45) is 8.16. The molecular formula is C18H27ClN2. The Morgan fingerprint density at radius 1 is 1.24 bits per heavy atom. The Hall–Kier alpha value is -0.570. The van der Waals surface area contributed by atoms with E-state index in [2.05, 4.69) is 35.5 Å². The molecule has 21 heavy (non-hydrogen) atoms. The zero-order valence-corrected chi connectivity index (χ0v) is 13.8. The summed E-state index contributed by atoms with van der Waals surface area (Å²) in [5.74, 6) is 0.703. The van der Waals surface area contributed by atoms with Crippen LogP contribution in [0.4, 0.5) is 0 Å². The molecular weight excluding hydrogens is 280 g/mol. The van der Waals surface area contributed by atoms with Gasteiger partial charge >= 0.3 is 0 Å². The fourth-order valence-corrected chi connectivity index (χ4v) is 3.99. The Morgan fingerprint density at radius 2 is 2.00 bits per heavy atom. The van der Waals surface area contributed by atoms with Crippen molar-refractivity contribution in [1.82, 2.24) is 10.2 Å². The van der Waals surface area contributed by atoms with Crippen molar-refractivity contribution < 1.29 is 0 Å². The quantitative estimate of drug-likeness (QED) is 0.853. The Kier molecular flexibility index (Phi) is 5.20. The molecule has 1 N–H and O–H groups in total. The molecule has 0 heterocycles. The van der Waals surface area contributed by atoms with Crippen molar-refractivity contribution in [2.45, 2.75) is 56.5 Å². The molecule has 116 valence electrons. The summed E-state index contributed by atoms with van der Waals surface area (Å²) in [6.45, 7) is 2.31. The maximum atomic E-state index is 6.07. The average molecular weight is 307 g/mol. The van der Waals surface area contributed by atoms with Gasteiger partial charge in [0.05, 0.1) is 0 Å². The van der Waals surface area contributed by atoms with Crippen LogP contribution in [0.15, 0.2) is 24.3 Å². The standard InChI is InChI=1S/C18H27ClN2/c1-21(18-7-2-3-8-18)10-9-20-17-12-15(13-17)14-5-4-6-16(19)11-14/h4-6,11,15,17-18,20H,2-3,7-10,12-13H2,1H3. The molecule has 2 nitrogen and oxygen atoms in total. The summed E-state index contributed by atoms with van der Waals surface area (Å²) >= 11 is 6.07. The molecule has 2 saturated carbocycles. The fraction of sp³-hybridized carbons (Fsp3) is 0.667. The Morgan fingerprint density at radius 3 is 2.71 bits per heavy atom. The first-order chi connectivity index (χ1) is 10.2. The molecule has 2 fully saturated rings. The number of likely N-dealkylation sites (N-methyl/N-ethyl adjacent to an activating group) is 1. The van der Waals surface area contributed by atoms with E-state index in [1.165, 1.54) is 50.6 Å². The normalized spacial score (nSPS) is 26.2. The predicted molar refractivity (Wildman–Crippen MR) is 90.1 cm³/mol. The lowest BCUT2D eigenvalue weighted by atomic mass is 9.76.